The summed E-state index contributed by atoms with van der Waals surface area (Å²) in [7, 11) is -3.55. The average Bonchev–Trinajstić information content (AvgIpc) is 3.27. The number of rotatable bonds is 5. The minimum atomic E-state index is -3.55. The molecule has 1 aliphatic rings. The number of aromatic nitrogens is 2. The van der Waals surface area contributed by atoms with Crippen molar-refractivity contribution in [3.8, 4) is 0 Å². The molecule has 7 nitrogen and oxygen atoms in total. The van der Waals surface area contributed by atoms with Gasteiger partial charge in [-0.2, -0.15) is 4.31 Å². The molecular weight excluding hydrogens is 420 g/mol. The molecule has 9 heteroatoms. The molecule has 0 saturated carbocycles. The highest BCUT2D eigenvalue weighted by atomic mass is 32.2. The van der Waals surface area contributed by atoms with Gasteiger partial charge >= 0.3 is 0 Å². The summed E-state index contributed by atoms with van der Waals surface area (Å²) in [6, 6.07) is 16.0. The Morgan fingerprint density at radius 2 is 1.83 bits per heavy atom. The number of aryl methyl sites for hydroxylation is 1. The fourth-order valence-electron chi connectivity index (χ4n) is 3.42. The molecule has 30 heavy (non-hydrogen) atoms. The first kappa shape index (κ1) is 20.6. The average molecular weight is 443 g/mol. The summed E-state index contributed by atoms with van der Waals surface area (Å²) in [5, 5.41) is 12.0. The lowest BCUT2D eigenvalue weighted by atomic mass is 10.0. The van der Waals surface area contributed by atoms with Crippen LogP contribution in [0.3, 0.4) is 0 Å². The Labute approximate surface area is 179 Å². The van der Waals surface area contributed by atoms with E-state index in [1.165, 1.54) is 15.6 Å². The molecule has 2 heterocycles. The van der Waals surface area contributed by atoms with Crippen molar-refractivity contribution in [2.75, 3.05) is 18.4 Å². The maximum atomic E-state index is 12.9. The van der Waals surface area contributed by atoms with Gasteiger partial charge in [0.1, 0.15) is 5.01 Å². The highest BCUT2D eigenvalue weighted by molar-refractivity contribution is 7.89. The van der Waals surface area contributed by atoms with Gasteiger partial charge in [0.05, 0.1) is 4.90 Å². The van der Waals surface area contributed by atoms with Crippen LogP contribution >= 0.6 is 11.3 Å². The van der Waals surface area contributed by atoms with Crippen molar-refractivity contribution in [1.29, 1.82) is 0 Å². The number of sulfonamides is 1. The molecular formula is C21H22N4O3S2. The number of anilines is 1. The summed E-state index contributed by atoms with van der Waals surface area (Å²) >= 11 is 1.22. The molecule has 4 rings (SSSR count). The third-order valence-corrected chi connectivity index (χ3v) is 8.02. The molecule has 1 aromatic heterocycles. The van der Waals surface area contributed by atoms with Crippen molar-refractivity contribution in [1.82, 2.24) is 14.5 Å². The maximum absolute atomic E-state index is 12.9. The zero-order valence-corrected chi connectivity index (χ0v) is 18.1. The summed E-state index contributed by atoms with van der Waals surface area (Å²) in [6.07, 6.45) is 1.55. The van der Waals surface area contributed by atoms with Gasteiger partial charge in [-0.25, -0.2) is 8.42 Å². The Kier molecular flexibility index (Phi) is 5.94. The van der Waals surface area contributed by atoms with Crippen molar-refractivity contribution >= 4 is 33.0 Å². The van der Waals surface area contributed by atoms with Crippen LogP contribution in [0.25, 0.3) is 0 Å². The van der Waals surface area contributed by atoms with Crippen molar-refractivity contribution in [2.45, 2.75) is 30.6 Å². The van der Waals surface area contributed by atoms with Crippen LogP contribution in [0, 0.1) is 6.92 Å². The van der Waals surface area contributed by atoms with Crippen LogP contribution in [-0.2, 0) is 10.0 Å². The lowest BCUT2D eigenvalue weighted by molar-refractivity contribution is 0.102. The number of nitrogens with zero attached hydrogens (tertiary/aromatic N) is 3. The largest absolute Gasteiger partial charge is 0.320 e. The molecule has 0 aliphatic carbocycles. The molecule has 2 aromatic carbocycles. The number of carbonyl (C=O) groups is 1. The van der Waals surface area contributed by atoms with Gasteiger partial charge in [-0.05, 0) is 44.0 Å². The standard InChI is InChI=1S/C21H22N4O3S2/c1-15-9-11-17(12-10-15)22-19(26)21-24-23-20(29-21)16-6-5-13-25(14-16)30(27,28)18-7-3-2-4-8-18/h2-4,7-12,16H,5-6,13-14H2,1H3,(H,22,26)/t16-/m0/s1. The molecule has 0 radical (unpaired) electrons. The minimum absolute atomic E-state index is 0.0735. The van der Waals surface area contributed by atoms with Crippen LogP contribution in [0.15, 0.2) is 59.5 Å². The molecule has 1 fully saturated rings. The molecule has 1 N–H and O–H groups in total. The van der Waals surface area contributed by atoms with Gasteiger partial charge in [0.2, 0.25) is 15.0 Å². The third-order valence-electron chi connectivity index (χ3n) is 5.06. The van der Waals surface area contributed by atoms with Crippen molar-refractivity contribution in [3.05, 3.63) is 70.2 Å². The Hall–Kier alpha value is -2.62. The zero-order valence-electron chi connectivity index (χ0n) is 16.5. The van der Waals surface area contributed by atoms with Crippen LogP contribution < -0.4 is 5.32 Å². The number of carbonyl (C=O) groups excluding carboxylic acids is 1. The van der Waals surface area contributed by atoms with Gasteiger partial charge in [-0.1, -0.05) is 47.2 Å². The van der Waals surface area contributed by atoms with E-state index in [2.05, 4.69) is 15.5 Å². The van der Waals surface area contributed by atoms with E-state index in [0.29, 0.717) is 28.7 Å². The van der Waals surface area contributed by atoms with Crippen molar-refractivity contribution in [3.63, 3.8) is 0 Å². The van der Waals surface area contributed by atoms with Crippen molar-refractivity contribution in [2.24, 2.45) is 0 Å². The first-order valence-electron chi connectivity index (χ1n) is 9.70. The molecule has 156 valence electrons. The fourth-order valence-corrected chi connectivity index (χ4v) is 5.83. The number of piperidine rings is 1. The SMILES string of the molecule is Cc1ccc(NC(=O)c2nnc([C@H]3CCCN(S(=O)(=O)c4ccccc4)C3)s2)cc1. The molecule has 0 unspecified atom stereocenters. The number of hydrogen-bond donors (Lipinski definition) is 1. The highest BCUT2D eigenvalue weighted by Gasteiger charge is 2.32. The van der Waals surface area contributed by atoms with Gasteiger partial charge in [0, 0.05) is 24.7 Å². The summed E-state index contributed by atoms with van der Waals surface area (Å²) in [4.78, 5) is 12.8. The Morgan fingerprint density at radius 3 is 2.57 bits per heavy atom. The number of nitrogens with one attached hydrogen (secondary N) is 1. The lowest BCUT2D eigenvalue weighted by Crippen LogP contribution is -2.39. The van der Waals surface area contributed by atoms with Crippen LogP contribution in [-0.4, -0.2) is 41.9 Å². The van der Waals surface area contributed by atoms with Gasteiger partial charge in [-0.3, -0.25) is 4.79 Å². The quantitative estimate of drug-likeness (QED) is 0.651. The first-order chi connectivity index (χ1) is 14.4. The Balaban J connectivity index is 1.46. The zero-order chi connectivity index (χ0) is 21.1. The monoisotopic (exact) mass is 442 g/mol. The van der Waals surface area contributed by atoms with E-state index in [1.807, 2.05) is 31.2 Å². The molecule has 1 atom stereocenters. The third kappa shape index (κ3) is 4.43. The number of benzene rings is 2. The second-order valence-corrected chi connectivity index (χ2v) is 10.2. The van der Waals surface area contributed by atoms with Gasteiger partial charge in [0.15, 0.2) is 0 Å². The second-order valence-electron chi connectivity index (χ2n) is 7.28. The summed E-state index contributed by atoms with van der Waals surface area (Å²) in [5.41, 5.74) is 1.80. The molecule has 3 aromatic rings. The smallest absolute Gasteiger partial charge is 0.286 e. The topological polar surface area (TPSA) is 92.3 Å². The van der Waals surface area contributed by atoms with Crippen LogP contribution in [0.2, 0.25) is 0 Å². The van der Waals surface area contributed by atoms with E-state index < -0.39 is 10.0 Å². The van der Waals surface area contributed by atoms with Gasteiger partial charge in [0.25, 0.3) is 5.91 Å². The lowest BCUT2D eigenvalue weighted by Gasteiger charge is -2.30. The van der Waals surface area contributed by atoms with E-state index in [0.717, 1.165) is 18.4 Å². The van der Waals surface area contributed by atoms with E-state index in [9.17, 15) is 13.2 Å². The second kappa shape index (κ2) is 8.63. The van der Waals surface area contributed by atoms with E-state index in [1.54, 1.807) is 30.3 Å². The fraction of sp³-hybridized carbons (Fsp3) is 0.286. The Bertz CT molecular complexity index is 1130. The number of amides is 1. The van der Waals surface area contributed by atoms with Crippen LogP contribution in [0.5, 0.6) is 0 Å². The predicted octanol–water partition coefficient (Wildman–Crippen LogP) is 3.67. The first-order valence-corrected chi connectivity index (χ1v) is 12.0. The molecule has 0 bridgehead atoms. The predicted molar refractivity (Wildman–Crippen MR) is 116 cm³/mol. The van der Waals surface area contributed by atoms with Gasteiger partial charge < -0.3 is 5.32 Å². The molecule has 1 saturated heterocycles. The normalized spacial score (nSPS) is 17.6. The molecule has 1 amide bonds. The Morgan fingerprint density at radius 1 is 1.10 bits per heavy atom. The van der Waals surface area contributed by atoms with Gasteiger partial charge in [-0.15, -0.1) is 10.2 Å². The summed E-state index contributed by atoms with van der Waals surface area (Å²) in [5.74, 6) is -0.386. The van der Waals surface area contributed by atoms with Crippen molar-refractivity contribution < 1.29 is 13.2 Å². The summed E-state index contributed by atoms with van der Waals surface area (Å²) < 4.78 is 27.4. The summed E-state index contributed by atoms with van der Waals surface area (Å²) in [6.45, 7) is 2.80. The molecule has 0 spiro atoms. The maximum Gasteiger partial charge on any atom is 0.286 e. The van der Waals surface area contributed by atoms with E-state index in [4.69, 9.17) is 0 Å². The van der Waals surface area contributed by atoms with E-state index in [-0.39, 0.29) is 16.8 Å². The van der Waals surface area contributed by atoms with Crippen LogP contribution in [0.4, 0.5) is 5.69 Å². The molecule has 1 aliphatic heterocycles. The van der Waals surface area contributed by atoms with Crippen LogP contribution in [0.1, 0.15) is 39.1 Å². The minimum Gasteiger partial charge on any atom is -0.320 e. The highest BCUT2D eigenvalue weighted by Crippen LogP contribution is 2.32. The number of hydrogen-bond acceptors (Lipinski definition) is 6. The van der Waals surface area contributed by atoms with E-state index >= 15 is 0 Å².